The SMILES string of the molecule is CCOc1c(Br)cc(C(=O)NCCOc2ccc(C)cc2)cc1OC. The van der Waals surface area contributed by atoms with Gasteiger partial charge in [-0.05, 0) is 54.0 Å². The highest BCUT2D eigenvalue weighted by atomic mass is 79.9. The summed E-state index contributed by atoms with van der Waals surface area (Å²) in [7, 11) is 1.54. The highest BCUT2D eigenvalue weighted by Gasteiger charge is 2.15. The van der Waals surface area contributed by atoms with Gasteiger partial charge in [-0.1, -0.05) is 17.7 Å². The zero-order valence-corrected chi connectivity index (χ0v) is 16.2. The van der Waals surface area contributed by atoms with Crippen LogP contribution in [0.15, 0.2) is 40.9 Å². The quantitative estimate of drug-likeness (QED) is 0.672. The van der Waals surface area contributed by atoms with Gasteiger partial charge in [-0.25, -0.2) is 0 Å². The largest absolute Gasteiger partial charge is 0.493 e. The number of amides is 1. The van der Waals surface area contributed by atoms with Crippen LogP contribution in [0.4, 0.5) is 0 Å². The predicted octanol–water partition coefficient (Wildman–Crippen LogP) is 3.97. The van der Waals surface area contributed by atoms with E-state index in [9.17, 15) is 4.79 Å². The van der Waals surface area contributed by atoms with Crippen molar-refractivity contribution >= 4 is 21.8 Å². The first-order valence-corrected chi connectivity index (χ1v) is 8.82. The molecule has 2 aromatic rings. The molecule has 0 unspecified atom stereocenters. The average molecular weight is 408 g/mol. The van der Waals surface area contributed by atoms with Gasteiger partial charge in [0, 0.05) is 5.56 Å². The molecule has 134 valence electrons. The fourth-order valence-corrected chi connectivity index (χ4v) is 2.76. The number of methoxy groups -OCH3 is 1. The first kappa shape index (κ1) is 19.1. The Bertz CT molecular complexity index is 716. The van der Waals surface area contributed by atoms with Crippen molar-refractivity contribution in [3.8, 4) is 17.2 Å². The Balaban J connectivity index is 1.92. The third-order valence-electron chi connectivity index (χ3n) is 3.46. The molecular formula is C19H22BrNO4. The predicted molar refractivity (Wildman–Crippen MR) is 101 cm³/mol. The van der Waals surface area contributed by atoms with Gasteiger partial charge in [0.05, 0.1) is 24.7 Å². The summed E-state index contributed by atoms with van der Waals surface area (Å²) < 4.78 is 17.1. The number of hydrogen-bond donors (Lipinski definition) is 1. The van der Waals surface area contributed by atoms with Gasteiger partial charge in [-0.15, -0.1) is 0 Å². The molecule has 0 radical (unpaired) electrons. The van der Waals surface area contributed by atoms with Gasteiger partial charge in [0.2, 0.25) is 0 Å². The Labute approximate surface area is 156 Å². The van der Waals surface area contributed by atoms with Gasteiger partial charge in [0.1, 0.15) is 12.4 Å². The molecule has 1 N–H and O–H groups in total. The van der Waals surface area contributed by atoms with Gasteiger partial charge in [-0.2, -0.15) is 0 Å². The van der Waals surface area contributed by atoms with Crippen LogP contribution >= 0.6 is 15.9 Å². The second-order valence-electron chi connectivity index (χ2n) is 5.34. The van der Waals surface area contributed by atoms with E-state index in [4.69, 9.17) is 14.2 Å². The lowest BCUT2D eigenvalue weighted by Crippen LogP contribution is -2.28. The maximum absolute atomic E-state index is 12.3. The summed E-state index contributed by atoms with van der Waals surface area (Å²) in [5, 5.41) is 2.83. The highest BCUT2D eigenvalue weighted by Crippen LogP contribution is 2.36. The Morgan fingerprint density at radius 2 is 1.88 bits per heavy atom. The first-order valence-electron chi connectivity index (χ1n) is 8.03. The number of halogens is 1. The molecule has 0 fully saturated rings. The van der Waals surface area contributed by atoms with Gasteiger partial charge in [-0.3, -0.25) is 4.79 Å². The molecule has 0 aliphatic carbocycles. The van der Waals surface area contributed by atoms with Crippen molar-refractivity contribution < 1.29 is 19.0 Å². The number of nitrogens with one attached hydrogen (secondary N) is 1. The lowest BCUT2D eigenvalue weighted by atomic mass is 10.2. The summed E-state index contributed by atoms with van der Waals surface area (Å²) in [5.74, 6) is 1.68. The minimum Gasteiger partial charge on any atom is -0.493 e. The lowest BCUT2D eigenvalue weighted by Gasteiger charge is -2.13. The van der Waals surface area contributed by atoms with E-state index < -0.39 is 0 Å². The van der Waals surface area contributed by atoms with Crippen LogP contribution < -0.4 is 19.5 Å². The molecule has 0 aromatic heterocycles. The molecular weight excluding hydrogens is 386 g/mol. The van der Waals surface area contributed by atoms with Crippen molar-refractivity contribution in [1.82, 2.24) is 5.32 Å². The van der Waals surface area contributed by atoms with Crippen LogP contribution in [-0.2, 0) is 0 Å². The molecule has 0 bridgehead atoms. The van der Waals surface area contributed by atoms with Crippen molar-refractivity contribution in [2.75, 3.05) is 26.9 Å². The maximum atomic E-state index is 12.3. The molecule has 2 rings (SSSR count). The van der Waals surface area contributed by atoms with E-state index in [0.29, 0.717) is 41.3 Å². The monoisotopic (exact) mass is 407 g/mol. The summed E-state index contributed by atoms with van der Waals surface area (Å²) in [6.45, 7) is 5.22. The minimum atomic E-state index is -0.199. The van der Waals surface area contributed by atoms with E-state index in [-0.39, 0.29) is 5.91 Å². The van der Waals surface area contributed by atoms with Gasteiger partial charge in [0.25, 0.3) is 5.91 Å². The molecule has 1 amide bonds. The summed E-state index contributed by atoms with van der Waals surface area (Å²) in [4.78, 5) is 12.3. The van der Waals surface area contributed by atoms with E-state index in [1.165, 1.54) is 5.56 Å². The molecule has 0 spiro atoms. The van der Waals surface area contributed by atoms with E-state index in [0.717, 1.165) is 5.75 Å². The molecule has 0 saturated carbocycles. The zero-order chi connectivity index (χ0) is 18.2. The molecule has 0 aliphatic heterocycles. The van der Waals surface area contributed by atoms with Crippen LogP contribution in [0.25, 0.3) is 0 Å². The Morgan fingerprint density at radius 1 is 1.16 bits per heavy atom. The smallest absolute Gasteiger partial charge is 0.251 e. The van der Waals surface area contributed by atoms with E-state index in [1.807, 2.05) is 38.1 Å². The van der Waals surface area contributed by atoms with Gasteiger partial charge in [0.15, 0.2) is 11.5 Å². The number of rotatable bonds is 8. The van der Waals surface area contributed by atoms with Crippen LogP contribution in [0.2, 0.25) is 0 Å². The van der Waals surface area contributed by atoms with Crippen LogP contribution in [0.1, 0.15) is 22.8 Å². The van der Waals surface area contributed by atoms with Crippen LogP contribution in [0.5, 0.6) is 17.2 Å². The maximum Gasteiger partial charge on any atom is 0.251 e. The standard InChI is InChI=1S/C19H22BrNO4/c1-4-24-18-16(20)11-14(12-17(18)23-3)19(22)21-9-10-25-15-7-5-13(2)6-8-15/h5-8,11-12H,4,9-10H2,1-3H3,(H,21,22). The third kappa shape index (κ3) is 5.39. The summed E-state index contributed by atoms with van der Waals surface area (Å²) >= 11 is 3.42. The second kappa shape index (κ2) is 9.32. The van der Waals surface area contributed by atoms with Crippen LogP contribution in [0.3, 0.4) is 0 Å². The molecule has 0 atom stereocenters. The fourth-order valence-electron chi connectivity index (χ4n) is 2.21. The van der Waals surface area contributed by atoms with Crippen LogP contribution in [-0.4, -0.2) is 32.8 Å². The molecule has 0 heterocycles. The average Bonchev–Trinajstić information content (AvgIpc) is 2.61. The number of carbonyl (C=O) groups is 1. The molecule has 25 heavy (non-hydrogen) atoms. The van der Waals surface area contributed by atoms with Crippen molar-refractivity contribution in [1.29, 1.82) is 0 Å². The minimum absolute atomic E-state index is 0.199. The normalized spacial score (nSPS) is 10.2. The second-order valence-corrected chi connectivity index (χ2v) is 6.19. The summed E-state index contributed by atoms with van der Waals surface area (Å²) in [6, 6.07) is 11.2. The topological polar surface area (TPSA) is 56.8 Å². The number of hydrogen-bond acceptors (Lipinski definition) is 4. The Morgan fingerprint density at radius 3 is 2.52 bits per heavy atom. The molecule has 6 heteroatoms. The first-order chi connectivity index (χ1) is 12.0. The highest BCUT2D eigenvalue weighted by molar-refractivity contribution is 9.10. The van der Waals surface area contributed by atoms with Crippen molar-refractivity contribution in [3.63, 3.8) is 0 Å². The Hall–Kier alpha value is -2.21. The number of ether oxygens (including phenoxy) is 3. The Kier molecular flexibility index (Phi) is 7.13. The molecule has 0 aliphatic rings. The summed E-state index contributed by atoms with van der Waals surface area (Å²) in [6.07, 6.45) is 0. The molecule has 2 aromatic carbocycles. The number of carbonyl (C=O) groups excluding carboxylic acids is 1. The number of aryl methyl sites for hydroxylation is 1. The fraction of sp³-hybridized carbons (Fsp3) is 0.316. The van der Waals surface area contributed by atoms with Crippen LogP contribution in [0, 0.1) is 6.92 Å². The zero-order valence-electron chi connectivity index (χ0n) is 14.6. The third-order valence-corrected chi connectivity index (χ3v) is 4.05. The van der Waals surface area contributed by atoms with E-state index >= 15 is 0 Å². The van der Waals surface area contributed by atoms with Crippen molar-refractivity contribution in [3.05, 3.63) is 52.0 Å². The summed E-state index contributed by atoms with van der Waals surface area (Å²) in [5.41, 5.74) is 1.66. The lowest BCUT2D eigenvalue weighted by molar-refractivity contribution is 0.0946. The number of benzene rings is 2. The molecule has 0 saturated heterocycles. The van der Waals surface area contributed by atoms with Gasteiger partial charge >= 0.3 is 0 Å². The van der Waals surface area contributed by atoms with E-state index in [1.54, 1.807) is 19.2 Å². The van der Waals surface area contributed by atoms with Gasteiger partial charge < -0.3 is 19.5 Å². The van der Waals surface area contributed by atoms with E-state index in [2.05, 4.69) is 21.2 Å². The van der Waals surface area contributed by atoms with Crippen molar-refractivity contribution in [2.45, 2.75) is 13.8 Å². The van der Waals surface area contributed by atoms with Crippen molar-refractivity contribution in [2.24, 2.45) is 0 Å². The molecule has 5 nitrogen and oxygen atoms in total.